The van der Waals surface area contributed by atoms with Crippen LogP contribution in [0.2, 0.25) is 0 Å². The second-order valence-corrected chi connectivity index (χ2v) is 4.09. The van der Waals surface area contributed by atoms with Crippen LogP contribution in [0.15, 0.2) is 48.7 Å². The number of hydrogen-bond acceptors (Lipinski definition) is 4. The molecule has 0 unspecified atom stereocenters. The van der Waals surface area contributed by atoms with E-state index in [0.29, 0.717) is 17.4 Å². The zero-order chi connectivity index (χ0) is 13.9. The molecule has 0 radical (unpaired) electrons. The second kappa shape index (κ2) is 5.13. The Morgan fingerprint density at radius 2 is 1.80 bits per heavy atom. The maximum atomic E-state index is 13.1. The summed E-state index contributed by atoms with van der Waals surface area (Å²) in [5.41, 5.74) is 1.51. The minimum absolute atomic E-state index is 0.306. The van der Waals surface area contributed by atoms with Gasteiger partial charge in [0.25, 0.3) is 0 Å². The third-order valence-corrected chi connectivity index (χ3v) is 2.77. The van der Waals surface area contributed by atoms with E-state index >= 15 is 0 Å². The smallest absolute Gasteiger partial charge is 0.238 e. The van der Waals surface area contributed by atoms with E-state index in [9.17, 15) is 4.39 Å². The van der Waals surface area contributed by atoms with E-state index < -0.39 is 5.82 Å². The number of para-hydroxylation sites is 2. The number of fused-ring (bicyclic) bond motifs is 1. The molecule has 5 heteroatoms. The maximum absolute atomic E-state index is 13.1. The van der Waals surface area contributed by atoms with Crippen LogP contribution >= 0.6 is 0 Å². The van der Waals surface area contributed by atoms with Crippen LogP contribution in [-0.2, 0) is 0 Å². The summed E-state index contributed by atoms with van der Waals surface area (Å²) in [6.07, 6.45) is 1.52. The Bertz CT molecular complexity index is 762. The van der Waals surface area contributed by atoms with Crippen molar-refractivity contribution in [1.82, 2.24) is 9.97 Å². The first-order chi connectivity index (χ1) is 9.76. The molecule has 100 valence electrons. The standard InChI is InChI=1S/C15H11FN2O2/c1-19-14-8-10(16)6-7-13(14)20-15-9-17-11-4-2-3-5-12(11)18-15/h2-9H,1H3. The zero-order valence-corrected chi connectivity index (χ0v) is 10.7. The largest absolute Gasteiger partial charge is 0.493 e. The molecule has 0 spiro atoms. The fourth-order valence-electron chi connectivity index (χ4n) is 1.83. The molecule has 0 bridgehead atoms. The Balaban J connectivity index is 1.96. The number of halogens is 1. The van der Waals surface area contributed by atoms with Crippen LogP contribution in [0.3, 0.4) is 0 Å². The monoisotopic (exact) mass is 270 g/mol. The summed E-state index contributed by atoms with van der Waals surface area (Å²) in [5, 5.41) is 0. The molecule has 0 fully saturated rings. The fraction of sp³-hybridized carbons (Fsp3) is 0.0667. The number of rotatable bonds is 3. The van der Waals surface area contributed by atoms with Crippen LogP contribution in [0, 0.1) is 5.82 Å². The van der Waals surface area contributed by atoms with Crippen molar-refractivity contribution in [2.45, 2.75) is 0 Å². The van der Waals surface area contributed by atoms with Gasteiger partial charge < -0.3 is 9.47 Å². The van der Waals surface area contributed by atoms with Crippen LogP contribution in [0.5, 0.6) is 17.4 Å². The highest BCUT2D eigenvalue weighted by molar-refractivity contribution is 5.74. The molecule has 0 N–H and O–H groups in total. The number of ether oxygens (including phenoxy) is 2. The van der Waals surface area contributed by atoms with Crippen LogP contribution < -0.4 is 9.47 Å². The van der Waals surface area contributed by atoms with Crippen molar-refractivity contribution < 1.29 is 13.9 Å². The molecule has 2 aromatic carbocycles. The fourth-order valence-corrected chi connectivity index (χ4v) is 1.83. The number of aromatic nitrogens is 2. The van der Waals surface area contributed by atoms with Gasteiger partial charge in [0.05, 0.1) is 24.3 Å². The second-order valence-electron chi connectivity index (χ2n) is 4.09. The van der Waals surface area contributed by atoms with Gasteiger partial charge in [-0.15, -0.1) is 0 Å². The van der Waals surface area contributed by atoms with E-state index in [1.807, 2.05) is 24.3 Å². The van der Waals surface area contributed by atoms with Crippen LogP contribution in [0.4, 0.5) is 4.39 Å². The van der Waals surface area contributed by atoms with Gasteiger partial charge in [0, 0.05) is 6.07 Å². The van der Waals surface area contributed by atoms with Crippen LogP contribution in [0.25, 0.3) is 11.0 Å². The van der Waals surface area contributed by atoms with Crippen molar-refractivity contribution in [1.29, 1.82) is 0 Å². The number of methoxy groups -OCH3 is 1. The van der Waals surface area contributed by atoms with E-state index in [-0.39, 0.29) is 0 Å². The molecule has 1 aromatic heterocycles. The Kier molecular flexibility index (Phi) is 3.16. The van der Waals surface area contributed by atoms with Gasteiger partial charge in [-0.1, -0.05) is 12.1 Å². The van der Waals surface area contributed by atoms with E-state index in [4.69, 9.17) is 9.47 Å². The zero-order valence-electron chi connectivity index (χ0n) is 10.7. The van der Waals surface area contributed by atoms with Crippen molar-refractivity contribution in [3.8, 4) is 17.4 Å². The van der Waals surface area contributed by atoms with E-state index in [1.54, 1.807) is 0 Å². The lowest BCUT2D eigenvalue weighted by atomic mass is 10.3. The van der Waals surface area contributed by atoms with Gasteiger partial charge in [-0.05, 0) is 24.3 Å². The summed E-state index contributed by atoms with van der Waals surface area (Å²) in [7, 11) is 1.45. The number of benzene rings is 2. The summed E-state index contributed by atoms with van der Waals surface area (Å²) < 4.78 is 23.8. The lowest BCUT2D eigenvalue weighted by molar-refractivity contribution is 0.371. The number of nitrogens with zero attached hydrogens (tertiary/aromatic N) is 2. The van der Waals surface area contributed by atoms with Gasteiger partial charge in [-0.3, -0.25) is 0 Å². The highest BCUT2D eigenvalue weighted by Gasteiger charge is 2.08. The van der Waals surface area contributed by atoms with E-state index in [0.717, 1.165) is 11.0 Å². The third-order valence-electron chi connectivity index (χ3n) is 2.77. The van der Waals surface area contributed by atoms with Gasteiger partial charge in [0.2, 0.25) is 5.88 Å². The Labute approximate surface area is 114 Å². The van der Waals surface area contributed by atoms with Crippen molar-refractivity contribution in [2.75, 3.05) is 7.11 Å². The third kappa shape index (κ3) is 2.38. The molecule has 0 amide bonds. The Hall–Kier alpha value is -2.69. The molecule has 4 nitrogen and oxygen atoms in total. The Morgan fingerprint density at radius 3 is 2.60 bits per heavy atom. The van der Waals surface area contributed by atoms with Gasteiger partial charge in [0.15, 0.2) is 11.5 Å². The molecule has 3 aromatic rings. The summed E-state index contributed by atoms with van der Waals surface area (Å²) in [5.74, 6) is 0.630. The highest BCUT2D eigenvalue weighted by Crippen LogP contribution is 2.31. The van der Waals surface area contributed by atoms with Gasteiger partial charge in [0.1, 0.15) is 5.82 Å². The number of hydrogen-bond donors (Lipinski definition) is 0. The predicted octanol–water partition coefficient (Wildman–Crippen LogP) is 3.57. The van der Waals surface area contributed by atoms with Crippen molar-refractivity contribution in [2.24, 2.45) is 0 Å². The predicted molar refractivity (Wildman–Crippen MR) is 72.6 cm³/mol. The molecule has 0 aliphatic heterocycles. The summed E-state index contributed by atoms with van der Waals surface area (Å²) in [6.45, 7) is 0. The van der Waals surface area contributed by atoms with Crippen molar-refractivity contribution >= 4 is 11.0 Å². The van der Waals surface area contributed by atoms with Gasteiger partial charge >= 0.3 is 0 Å². The molecule has 3 rings (SSSR count). The lowest BCUT2D eigenvalue weighted by Gasteiger charge is -2.09. The quantitative estimate of drug-likeness (QED) is 0.729. The molecule has 1 heterocycles. The average Bonchev–Trinajstić information content (AvgIpc) is 2.49. The summed E-state index contributed by atoms with van der Waals surface area (Å²) in [4.78, 5) is 8.58. The summed E-state index contributed by atoms with van der Waals surface area (Å²) >= 11 is 0. The van der Waals surface area contributed by atoms with Crippen LogP contribution in [0.1, 0.15) is 0 Å². The van der Waals surface area contributed by atoms with Gasteiger partial charge in [-0.25, -0.2) is 14.4 Å². The molecular formula is C15H11FN2O2. The first-order valence-corrected chi connectivity index (χ1v) is 5.99. The minimum Gasteiger partial charge on any atom is -0.493 e. The molecule has 0 atom stereocenters. The minimum atomic E-state index is -0.390. The molecular weight excluding hydrogens is 259 g/mol. The normalized spacial score (nSPS) is 10.5. The Morgan fingerprint density at radius 1 is 1.00 bits per heavy atom. The highest BCUT2D eigenvalue weighted by atomic mass is 19.1. The molecule has 0 saturated carbocycles. The SMILES string of the molecule is COc1cc(F)ccc1Oc1cnc2ccccc2n1. The first-order valence-electron chi connectivity index (χ1n) is 5.99. The molecule has 20 heavy (non-hydrogen) atoms. The van der Waals surface area contributed by atoms with Crippen molar-refractivity contribution in [3.63, 3.8) is 0 Å². The van der Waals surface area contributed by atoms with Crippen LogP contribution in [-0.4, -0.2) is 17.1 Å². The molecule has 0 aliphatic rings. The maximum Gasteiger partial charge on any atom is 0.238 e. The summed E-state index contributed by atoms with van der Waals surface area (Å²) in [6, 6.07) is 11.5. The van der Waals surface area contributed by atoms with Gasteiger partial charge in [-0.2, -0.15) is 0 Å². The molecule has 0 aliphatic carbocycles. The molecule has 0 saturated heterocycles. The lowest BCUT2D eigenvalue weighted by Crippen LogP contribution is -1.94. The first kappa shape index (κ1) is 12.3. The van der Waals surface area contributed by atoms with E-state index in [2.05, 4.69) is 9.97 Å². The van der Waals surface area contributed by atoms with E-state index in [1.165, 1.54) is 31.5 Å². The average molecular weight is 270 g/mol. The van der Waals surface area contributed by atoms with Crippen molar-refractivity contribution in [3.05, 3.63) is 54.5 Å². The topological polar surface area (TPSA) is 44.2 Å².